The topological polar surface area (TPSA) is 74.8 Å². The molecular weight excluding hydrogens is 302 g/mol. The second-order valence-corrected chi connectivity index (χ2v) is 5.80. The Morgan fingerprint density at radius 3 is 2.92 bits per heavy atom. The predicted molar refractivity (Wildman–Crippen MR) is 93.7 cm³/mol. The number of aromatic nitrogens is 2. The van der Waals surface area contributed by atoms with E-state index in [1.54, 1.807) is 12.4 Å². The lowest BCUT2D eigenvalue weighted by Gasteiger charge is -2.07. The van der Waals surface area contributed by atoms with Gasteiger partial charge in [-0.3, -0.25) is 14.6 Å². The molecule has 2 heterocycles. The van der Waals surface area contributed by atoms with E-state index in [0.717, 1.165) is 22.0 Å². The maximum atomic E-state index is 12.2. The van der Waals surface area contributed by atoms with Gasteiger partial charge < -0.3 is 10.3 Å². The van der Waals surface area contributed by atoms with Crippen LogP contribution >= 0.6 is 0 Å². The summed E-state index contributed by atoms with van der Waals surface area (Å²) in [4.78, 5) is 31.1. The summed E-state index contributed by atoms with van der Waals surface area (Å²) >= 11 is 0. The molecule has 1 amide bonds. The Morgan fingerprint density at radius 1 is 1.25 bits per heavy atom. The number of nitrogens with one attached hydrogen (secondary N) is 2. The zero-order chi connectivity index (χ0) is 16.9. The van der Waals surface area contributed by atoms with Gasteiger partial charge in [-0.05, 0) is 42.0 Å². The first kappa shape index (κ1) is 15.9. The van der Waals surface area contributed by atoms with Gasteiger partial charge in [0.1, 0.15) is 0 Å². The van der Waals surface area contributed by atoms with Crippen LogP contribution in [0.15, 0.2) is 53.6 Å². The molecule has 0 fully saturated rings. The Balaban J connectivity index is 1.64. The van der Waals surface area contributed by atoms with Crippen LogP contribution < -0.4 is 10.9 Å². The van der Waals surface area contributed by atoms with Gasteiger partial charge in [0.25, 0.3) is 5.56 Å². The van der Waals surface area contributed by atoms with E-state index in [4.69, 9.17) is 0 Å². The number of aromatic amines is 1. The number of fused-ring (bicyclic) bond motifs is 1. The monoisotopic (exact) mass is 321 g/mol. The fraction of sp³-hybridized carbons (Fsp3) is 0.211. The van der Waals surface area contributed by atoms with Gasteiger partial charge >= 0.3 is 0 Å². The van der Waals surface area contributed by atoms with Gasteiger partial charge in [0.2, 0.25) is 5.91 Å². The second-order valence-electron chi connectivity index (χ2n) is 5.80. The molecule has 1 aromatic carbocycles. The average Bonchev–Trinajstić information content (AvgIpc) is 2.60. The molecule has 0 saturated carbocycles. The number of benzene rings is 1. The number of amides is 1. The maximum Gasteiger partial charge on any atom is 0.251 e. The minimum absolute atomic E-state index is 0.0809. The second kappa shape index (κ2) is 7.08. The van der Waals surface area contributed by atoms with E-state index in [2.05, 4.69) is 15.3 Å². The van der Waals surface area contributed by atoms with Crippen LogP contribution in [0.4, 0.5) is 0 Å². The third-order valence-corrected chi connectivity index (χ3v) is 4.00. The van der Waals surface area contributed by atoms with Crippen LogP contribution in [0.3, 0.4) is 0 Å². The van der Waals surface area contributed by atoms with Crippen LogP contribution in [0.1, 0.15) is 23.1 Å². The van der Waals surface area contributed by atoms with Crippen LogP contribution in [-0.4, -0.2) is 15.9 Å². The summed E-state index contributed by atoms with van der Waals surface area (Å²) in [5.41, 5.74) is 3.34. The van der Waals surface area contributed by atoms with Gasteiger partial charge in [0.05, 0.1) is 5.52 Å². The van der Waals surface area contributed by atoms with Crippen LogP contribution in [-0.2, 0) is 17.8 Å². The minimum atomic E-state index is -0.128. The van der Waals surface area contributed by atoms with Gasteiger partial charge in [0, 0.05) is 30.9 Å². The number of carbonyl (C=O) groups excluding carboxylic acids is 1. The maximum absolute atomic E-state index is 12.2. The Kier molecular flexibility index (Phi) is 4.70. The van der Waals surface area contributed by atoms with Crippen molar-refractivity contribution >= 4 is 16.8 Å². The lowest BCUT2D eigenvalue weighted by molar-refractivity contribution is -0.121. The standard InChI is InChI=1S/C19H19N3O2/c1-13-4-2-6-15-10-16(19(24)22-18(13)15)7-8-17(23)21-12-14-5-3-9-20-11-14/h2-6,9-11H,7-8,12H2,1H3,(H,21,23)(H,22,24). The molecule has 2 aromatic heterocycles. The summed E-state index contributed by atoms with van der Waals surface area (Å²) in [7, 11) is 0. The van der Waals surface area contributed by atoms with Crippen molar-refractivity contribution in [2.24, 2.45) is 0 Å². The van der Waals surface area contributed by atoms with Crippen molar-refractivity contribution in [2.75, 3.05) is 0 Å². The zero-order valence-electron chi connectivity index (χ0n) is 13.5. The van der Waals surface area contributed by atoms with E-state index in [0.29, 0.717) is 18.5 Å². The molecule has 122 valence electrons. The molecule has 5 nitrogen and oxygen atoms in total. The van der Waals surface area contributed by atoms with E-state index < -0.39 is 0 Å². The fourth-order valence-electron chi connectivity index (χ4n) is 2.65. The highest BCUT2D eigenvalue weighted by molar-refractivity contribution is 5.82. The van der Waals surface area contributed by atoms with Gasteiger partial charge in [-0.15, -0.1) is 0 Å². The van der Waals surface area contributed by atoms with Crippen molar-refractivity contribution in [2.45, 2.75) is 26.3 Å². The number of rotatable bonds is 5. The normalized spacial score (nSPS) is 10.7. The summed E-state index contributed by atoms with van der Waals surface area (Å²) in [6, 6.07) is 11.5. The Hall–Kier alpha value is -2.95. The molecule has 0 aliphatic heterocycles. The largest absolute Gasteiger partial charge is 0.352 e. The van der Waals surface area contributed by atoms with Crippen molar-refractivity contribution in [3.8, 4) is 0 Å². The number of hydrogen-bond acceptors (Lipinski definition) is 3. The predicted octanol–water partition coefficient (Wildman–Crippen LogP) is 2.48. The molecule has 0 unspecified atom stereocenters. The average molecular weight is 321 g/mol. The highest BCUT2D eigenvalue weighted by atomic mass is 16.1. The van der Waals surface area contributed by atoms with Gasteiger partial charge in [-0.25, -0.2) is 0 Å². The first-order valence-electron chi connectivity index (χ1n) is 7.90. The first-order valence-corrected chi connectivity index (χ1v) is 7.90. The number of carbonyl (C=O) groups is 1. The summed E-state index contributed by atoms with van der Waals surface area (Å²) in [5, 5.41) is 3.83. The summed E-state index contributed by atoms with van der Waals surface area (Å²) in [5.74, 6) is -0.0809. The lowest BCUT2D eigenvalue weighted by Crippen LogP contribution is -2.24. The summed E-state index contributed by atoms with van der Waals surface area (Å²) in [6.45, 7) is 2.41. The summed E-state index contributed by atoms with van der Waals surface area (Å²) < 4.78 is 0. The van der Waals surface area contributed by atoms with Gasteiger partial charge in [-0.1, -0.05) is 24.3 Å². The number of H-pyrrole nitrogens is 1. The third kappa shape index (κ3) is 3.68. The molecule has 0 bridgehead atoms. The van der Waals surface area contributed by atoms with Crippen molar-refractivity contribution in [1.82, 2.24) is 15.3 Å². The third-order valence-electron chi connectivity index (χ3n) is 4.00. The van der Waals surface area contributed by atoms with Crippen LogP contribution in [0.2, 0.25) is 0 Å². The Labute approximate surface area is 139 Å². The molecule has 5 heteroatoms. The molecule has 0 radical (unpaired) electrons. The number of para-hydroxylation sites is 1. The van der Waals surface area contributed by atoms with Crippen LogP contribution in [0, 0.1) is 6.92 Å². The summed E-state index contributed by atoms with van der Waals surface area (Å²) in [6.07, 6.45) is 4.11. The quantitative estimate of drug-likeness (QED) is 0.758. The van der Waals surface area contributed by atoms with Crippen molar-refractivity contribution < 1.29 is 4.79 Å². The molecular formula is C19H19N3O2. The molecule has 3 aromatic rings. The Bertz CT molecular complexity index is 917. The zero-order valence-corrected chi connectivity index (χ0v) is 13.5. The van der Waals surface area contributed by atoms with Crippen molar-refractivity contribution in [3.63, 3.8) is 0 Å². The highest BCUT2D eigenvalue weighted by Gasteiger charge is 2.08. The minimum Gasteiger partial charge on any atom is -0.352 e. The van der Waals surface area contributed by atoms with Crippen molar-refractivity contribution in [3.05, 3.63) is 75.8 Å². The smallest absolute Gasteiger partial charge is 0.251 e. The lowest BCUT2D eigenvalue weighted by atomic mass is 10.1. The number of aryl methyl sites for hydroxylation is 2. The van der Waals surface area contributed by atoms with E-state index in [9.17, 15) is 9.59 Å². The molecule has 2 N–H and O–H groups in total. The van der Waals surface area contributed by atoms with Gasteiger partial charge in [0.15, 0.2) is 0 Å². The SMILES string of the molecule is Cc1cccc2cc(CCC(=O)NCc3cccnc3)c(=O)[nH]c12. The van der Waals surface area contributed by atoms with E-state index in [-0.39, 0.29) is 17.9 Å². The van der Waals surface area contributed by atoms with Crippen LogP contribution in [0.5, 0.6) is 0 Å². The van der Waals surface area contributed by atoms with E-state index in [1.165, 1.54) is 0 Å². The Morgan fingerprint density at radius 2 is 2.12 bits per heavy atom. The molecule has 0 aliphatic rings. The molecule has 0 atom stereocenters. The highest BCUT2D eigenvalue weighted by Crippen LogP contribution is 2.15. The van der Waals surface area contributed by atoms with E-state index in [1.807, 2.05) is 43.3 Å². The molecule has 3 rings (SSSR count). The molecule has 0 spiro atoms. The van der Waals surface area contributed by atoms with Gasteiger partial charge in [-0.2, -0.15) is 0 Å². The van der Waals surface area contributed by atoms with Crippen molar-refractivity contribution in [1.29, 1.82) is 0 Å². The molecule has 0 saturated heterocycles. The van der Waals surface area contributed by atoms with E-state index >= 15 is 0 Å². The fourth-order valence-corrected chi connectivity index (χ4v) is 2.65. The first-order chi connectivity index (χ1) is 11.6. The van der Waals surface area contributed by atoms with Crippen LogP contribution in [0.25, 0.3) is 10.9 Å². The number of pyridine rings is 2. The molecule has 0 aliphatic carbocycles. The number of hydrogen-bond donors (Lipinski definition) is 2. The molecule has 24 heavy (non-hydrogen) atoms. The number of nitrogens with zero attached hydrogens (tertiary/aromatic N) is 1.